The molecule has 16 heavy (non-hydrogen) atoms. The van der Waals surface area contributed by atoms with E-state index in [2.05, 4.69) is 20.9 Å². The van der Waals surface area contributed by atoms with Gasteiger partial charge in [-0.3, -0.25) is 0 Å². The van der Waals surface area contributed by atoms with Gasteiger partial charge in [-0.25, -0.2) is 9.37 Å². The van der Waals surface area contributed by atoms with Crippen LogP contribution in [-0.2, 0) is 5.33 Å². The second kappa shape index (κ2) is 4.61. The van der Waals surface area contributed by atoms with Gasteiger partial charge in [0.1, 0.15) is 11.6 Å². The third-order valence-corrected chi connectivity index (χ3v) is 2.89. The summed E-state index contributed by atoms with van der Waals surface area (Å²) in [7, 11) is 0. The predicted octanol–water partition coefficient (Wildman–Crippen LogP) is 3.36. The van der Waals surface area contributed by atoms with Gasteiger partial charge in [0.15, 0.2) is 0 Å². The Labute approximate surface area is 101 Å². The van der Waals surface area contributed by atoms with Crippen LogP contribution >= 0.6 is 15.9 Å². The normalized spacial score (nSPS) is 10.4. The Morgan fingerprint density at radius 3 is 2.81 bits per heavy atom. The first-order chi connectivity index (χ1) is 7.70. The predicted molar refractivity (Wildman–Crippen MR) is 66.7 cm³/mol. The number of alkyl halides is 1. The van der Waals surface area contributed by atoms with E-state index >= 15 is 0 Å². The van der Waals surface area contributed by atoms with Crippen molar-refractivity contribution in [3.63, 3.8) is 0 Å². The van der Waals surface area contributed by atoms with E-state index < -0.39 is 0 Å². The van der Waals surface area contributed by atoms with Gasteiger partial charge in [0.05, 0.1) is 0 Å². The largest absolute Gasteiger partial charge is 0.384 e. The maximum Gasteiger partial charge on any atom is 0.123 e. The zero-order valence-electron chi connectivity index (χ0n) is 8.45. The van der Waals surface area contributed by atoms with Crippen LogP contribution in [0.15, 0.2) is 36.5 Å². The fraction of sp³-hybridized carbons (Fsp3) is 0.0833. The van der Waals surface area contributed by atoms with Crippen LogP contribution in [0.1, 0.15) is 5.56 Å². The lowest BCUT2D eigenvalue weighted by Crippen LogP contribution is -1.94. The third-order valence-electron chi connectivity index (χ3n) is 2.29. The molecule has 0 unspecified atom stereocenters. The number of rotatable bonds is 2. The van der Waals surface area contributed by atoms with Crippen molar-refractivity contribution in [2.75, 3.05) is 5.73 Å². The zero-order valence-corrected chi connectivity index (χ0v) is 10.0. The summed E-state index contributed by atoms with van der Waals surface area (Å²) in [6, 6.07) is 8.22. The van der Waals surface area contributed by atoms with Gasteiger partial charge in [-0.2, -0.15) is 0 Å². The van der Waals surface area contributed by atoms with Crippen LogP contribution in [-0.4, -0.2) is 4.98 Å². The van der Waals surface area contributed by atoms with Crippen molar-refractivity contribution in [1.29, 1.82) is 0 Å². The molecule has 2 N–H and O–H groups in total. The highest BCUT2D eigenvalue weighted by molar-refractivity contribution is 9.08. The number of aromatic nitrogens is 1. The van der Waals surface area contributed by atoms with Crippen LogP contribution in [0, 0.1) is 5.82 Å². The number of hydrogen-bond donors (Lipinski definition) is 1. The van der Waals surface area contributed by atoms with Crippen molar-refractivity contribution in [3.8, 4) is 11.1 Å². The van der Waals surface area contributed by atoms with Crippen LogP contribution in [0.4, 0.5) is 10.2 Å². The number of pyridine rings is 1. The number of halogens is 2. The minimum atomic E-state index is -0.255. The first kappa shape index (κ1) is 11.1. The number of nitrogens with zero attached hydrogens (tertiary/aromatic N) is 1. The van der Waals surface area contributed by atoms with Crippen molar-refractivity contribution < 1.29 is 4.39 Å². The smallest absolute Gasteiger partial charge is 0.123 e. The fourth-order valence-electron chi connectivity index (χ4n) is 1.54. The Hall–Kier alpha value is -1.42. The van der Waals surface area contributed by atoms with Gasteiger partial charge in [-0.1, -0.05) is 28.1 Å². The van der Waals surface area contributed by atoms with Crippen molar-refractivity contribution in [2.24, 2.45) is 0 Å². The molecule has 0 atom stereocenters. The van der Waals surface area contributed by atoms with Crippen molar-refractivity contribution in [2.45, 2.75) is 5.33 Å². The highest BCUT2D eigenvalue weighted by atomic mass is 79.9. The summed E-state index contributed by atoms with van der Waals surface area (Å²) >= 11 is 3.38. The molecule has 2 rings (SSSR count). The average molecular weight is 281 g/mol. The molecule has 82 valence electrons. The standard InChI is InChI=1S/C12H10BrFN2/c13-6-9-5-12(15)16-7-11(9)8-2-1-3-10(14)4-8/h1-5,7H,6H2,(H2,15,16). The van der Waals surface area contributed by atoms with Crippen molar-refractivity contribution in [1.82, 2.24) is 4.98 Å². The van der Waals surface area contributed by atoms with E-state index in [1.807, 2.05) is 6.07 Å². The monoisotopic (exact) mass is 280 g/mol. The SMILES string of the molecule is Nc1cc(CBr)c(-c2cccc(F)c2)cn1. The first-order valence-corrected chi connectivity index (χ1v) is 5.89. The lowest BCUT2D eigenvalue weighted by Gasteiger charge is -2.07. The zero-order chi connectivity index (χ0) is 11.5. The summed E-state index contributed by atoms with van der Waals surface area (Å²) in [6.45, 7) is 0. The summed E-state index contributed by atoms with van der Waals surface area (Å²) in [6.07, 6.45) is 1.67. The van der Waals surface area contributed by atoms with Crippen LogP contribution in [0.25, 0.3) is 11.1 Å². The lowest BCUT2D eigenvalue weighted by atomic mass is 10.0. The maximum absolute atomic E-state index is 13.1. The van der Waals surface area contributed by atoms with Crippen LogP contribution in [0.5, 0.6) is 0 Å². The summed E-state index contributed by atoms with van der Waals surface area (Å²) in [4.78, 5) is 4.03. The van der Waals surface area contributed by atoms with Gasteiger partial charge >= 0.3 is 0 Å². The molecule has 0 fully saturated rings. The molecule has 0 amide bonds. The molecular formula is C12H10BrFN2. The molecule has 0 bridgehead atoms. The second-order valence-electron chi connectivity index (χ2n) is 3.41. The van der Waals surface area contributed by atoms with E-state index in [-0.39, 0.29) is 5.82 Å². The van der Waals surface area contributed by atoms with Crippen LogP contribution < -0.4 is 5.73 Å². The van der Waals surface area contributed by atoms with E-state index in [1.165, 1.54) is 12.1 Å². The fourth-order valence-corrected chi connectivity index (χ4v) is 2.01. The first-order valence-electron chi connectivity index (χ1n) is 4.77. The Bertz CT molecular complexity index is 514. The van der Waals surface area contributed by atoms with Gasteiger partial charge < -0.3 is 5.73 Å². The topological polar surface area (TPSA) is 38.9 Å². The molecular weight excluding hydrogens is 271 g/mol. The maximum atomic E-state index is 13.1. The minimum absolute atomic E-state index is 0.255. The average Bonchev–Trinajstić information content (AvgIpc) is 2.28. The molecule has 0 aliphatic heterocycles. The molecule has 0 saturated heterocycles. The summed E-state index contributed by atoms with van der Waals surface area (Å²) in [5.41, 5.74) is 8.30. The molecule has 1 aromatic heterocycles. The molecule has 2 nitrogen and oxygen atoms in total. The Balaban J connectivity index is 2.55. The third kappa shape index (κ3) is 2.22. The van der Waals surface area contributed by atoms with Crippen LogP contribution in [0.3, 0.4) is 0 Å². The Morgan fingerprint density at radius 2 is 2.12 bits per heavy atom. The molecule has 0 saturated carbocycles. The number of nitrogens with two attached hydrogens (primary N) is 1. The summed E-state index contributed by atoms with van der Waals surface area (Å²) < 4.78 is 13.1. The number of nitrogen functional groups attached to an aromatic ring is 1. The molecule has 0 spiro atoms. The minimum Gasteiger partial charge on any atom is -0.384 e. The molecule has 1 heterocycles. The van der Waals surface area contributed by atoms with E-state index in [4.69, 9.17) is 5.73 Å². The van der Waals surface area contributed by atoms with Crippen molar-refractivity contribution in [3.05, 3.63) is 47.9 Å². The number of benzene rings is 1. The van der Waals surface area contributed by atoms with E-state index in [1.54, 1.807) is 18.3 Å². The molecule has 4 heteroatoms. The van der Waals surface area contributed by atoms with Crippen molar-refractivity contribution >= 4 is 21.7 Å². The Morgan fingerprint density at radius 1 is 1.31 bits per heavy atom. The molecule has 0 radical (unpaired) electrons. The molecule has 1 aromatic carbocycles. The summed E-state index contributed by atoms with van der Waals surface area (Å²) in [5, 5.41) is 0.658. The highest BCUT2D eigenvalue weighted by Gasteiger charge is 2.06. The summed E-state index contributed by atoms with van der Waals surface area (Å²) in [5.74, 6) is 0.212. The van der Waals surface area contributed by atoms with E-state index in [9.17, 15) is 4.39 Å². The highest BCUT2D eigenvalue weighted by Crippen LogP contribution is 2.26. The van der Waals surface area contributed by atoms with E-state index in [0.717, 1.165) is 16.7 Å². The second-order valence-corrected chi connectivity index (χ2v) is 3.97. The van der Waals surface area contributed by atoms with Gasteiger partial charge in [0, 0.05) is 17.1 Å². The quantitative estimate of drug-likeness (QED) is 0.857. The Kier molecular flexibility index (Phi) is 3.19. The lowest BCUT2D eigenvalue weighted by molar-refractivity contribution is 0.628. The van der Waals surface area contributed by atoms with Crippen LogP contribution in [0.2, 0.25) is 0 Å². The van der Waals surface area contributed by atoms with Gasteiger partial charge in [0.2, 0.25) is 0 Å². The van der Waals surface area contributed by atoms with Gasteiger partial charge in [-0.05, 0) is 29.3 Å². The van der Waals surface area contributed by atoms with Gasteiger partial charge in [0.25, 0.3) is 0 Å². The van der Waals surface area contributed by atoms with E-state index in [0.29, 0.717) is 11.1 Å². The number of hydrogen-bond acceptors (Lipinski definition) is 2. The van der Waals surface area contributed by atoms with Gasteiger partial charge in [-0.15, -0.1) is 0 Å². The number of anilines is 1. The molecule has 2 aromatic rings. The molecule has 0 aliphatic rings. The molecule has 0 aliphatic carbocycles.